The molecule has 158 valence electrons. The van der Waals surface area contributed by atoms with Gasteiger partial charge in [0.05, 0.1) is 3.57 Å². The van der Waals surface area contributed by atoms with Gasteiger partial charge in [0.2, 0.25) is 0 Å². The number of hydrogen-bond acceptors (Lipinski definition) is 6. The van der Waals surface area contributed by atoms with Crippen molar-refractivity contribution in [3.05, 3.63) is 27.3 Å². The number of methoxy groups -OCH3 is 1. The van der Waals surface area contributed by atoms with Crippen molar-refractivity contribution in [1.82, 2.24) is 5.32 Å². The molecule has 0 unspecified atom stereocenters. The van der Waals surface area contributed by atoms with E-state index in [-0.39, 0.29) is 13.2 Å². The Morgan fingerprint density at radius 2 is 1.68 bits per heavy atom. The van der Waals surface area contributed by atoms with E-state index in [4.69, 9.17) is 18.9 Å². The molecule has 0 aromatic heterocycles. The molecule has 0 spiro atoms. The molecule has 28 heavy (non-hydrogen) atoms. The second-order valence-corrected chi connectivity index (χ2v) is 9.41. The Morgan fingerprint density at radius 3 is 2.18 bits per heavy atom. The van der Waals surface area contributed by atoms with Crippen LogP contribution in [0.4, 0.5) is 4.79 Å². The Kier molecular flexibility index (Phi) is 9.00. The Balaban J connectivity index is 2.96. The summed E-state index contributed by atoms with van der Waals surface area (Å²) in [6.45, 7) is 10.8. The second-order valence-electron chi connectivity index (χ2n) is 8.25. The van der Waals surface area contributed by atoms with Crippen LogP contribution in [0.2, 0.25) is 0 Å². The van der Waals surface area contributed by atoms with E-state index in [9.17, 15) is 9.59 Å². The van der Waals surface area contributed by atoms with E-state index >= 15 is 0 Å². The maximum Gasteiger partial charge on any atom is 0.408 e. The van der Waals surface area contributed by atoms with Gasteiger partial charge in [-0.15, -0.1) is 0 Å². The maximum absolute atomic E-state index is 12.6. The first-order chi connectivity index (χ1) is 12.8. The van der Waals surface area contributed by atoms with Crippen LogP contribution in [0.3, 0.4) is 0 Å². The number of esters is 1. The van der Waals surface area contributed by atoms with Gasteiger partial charge in [-0.05, 0) is 81.8 Å². The van der Waals surface area contributed by atoms with Gasteiger partial charge in [-0.3, -0.25) is 0 Å². The van der Waals surface area contributed by atoms with E-state index in [1.165, 1.54) is 0 Å². The minimum Gasteiger partial charge on any atom is -0.466 e. The summed E-state index contributed by atoms with van der Waals surface area (Å²) in [6, 6.07) is 4.65. The summed E-state index contributed by atoms with van der Waals surface area (Å²) in [7, 11) is 1.55. The van der Waals surface area contributed by atoms with Crippen LogP contribution in [0.1, 0.15) is 47.1 Å². The average Bonchev–Trinajstić information content (AvgIpc) is 2.50. The summed E-state index contributed by atoms with van der Waals surface area (Å²) in [6.07, 6.45) is -0.410. The predicted octanol–water partition coefficient (Wildman–Crippen LogP) is 4.05. The van der Waals surface area contributed by atoms with Crippen LogP contribution in [-0.2, 0) is 25.4 Å². The maximum atomic E-state index is 12.6. The van der Waals surface area contributed by atoms with Crippen LogP contribution in [0, 0.1) is 3.57 Å². The third kappa shape index (κ3) is 9.59. The van der Waals surface area contributed by atoms with Crippen molar-refractivity contribution in [3.8, 4) is 5.75 Å². The molecule has 0 saturated heterocycles. The number of halogens is 1. The van der Waals surface area contributed by atoms with E-state index in [1.807, 2.05) is 12.1 Å². The predicted molar refractivity (Wildman–Crippen MR) is 114 cm³/mol. The van der Waals surface area contributed by atoms with E-state index in [0.717, 1.165) is 9.13 Å². The van der Waals surface area contributed by atoms with Crippen LogP contribution in [0.25, 0.3) is 0 Å². The molecule has 1 atom stereocenters. The van der Waals surface area contributed by atoms with Crippen molar-refractivity contribution in [1.29, 1.82) is 0 Å². The SMILES string of the molecule is COCOc1ccc(C[C@H](NC(=O)OC(C)(C)C)C(=O)OC(C)(C)C)cc1I. The highest BCUT2D eigenvalue weighted by atomic mass is 127. The molecule has 1 amide bonds. The smallest absolute Gasteiger partial charge is 0.408 e. The lowest BCUT2D eigenvalue weighted by atomic mass is 10.1. The zero-order chi connectivity index (χ0) is 21.5. The van der Waals surface area contributed by atoms with Crippen LogP contribution < -0.4 is 10.1 Å². The zero-order valence-corrected chi connectivity index (χ0v) is 19.7. The minimum absolute atomic E-state index is 0.149. The van der Waals surface area contributed by atoms with Crippen molar-refractivity contribution in [2.24, 2.45) is 0 Å². The normalized spacial score (nSPS) is 12.9. The molecule has 0 aliphatic carbocycles. The fourth-order valence-corrected chi connectivity index (χ4v) is 2.90. The molecule has 7 nitrogen and oxygen atoms in total. The number of benzene rings is 1. The molecule has 1 rings (SSSR count). The van der Waals surface area contributed by atoms with Crippen LogP contribution >= 0.6 is 22.6 Å². The Bertz CT molecular complexity index is 678. The van der Waals surface area contributed by atoms with Gasteiger partial charge in [0.15, 0.2) is 6.79 Å². The van der Waals surface area contributed by atoms with E-state index < -0.39 is 29.3 Å². The number of rotatable bonds is 7. The topological polar surface area (TPSA) is 83.1 Å². The van der Waals surface area contributed by atoms with E-state index in [2.05, 4.69) is 27.9 Å². The van der Waals surface area contributed by atoms with Crippen LogP contribution in [0.5, 0.6) is 5.75 Å². The van der Waals surface area contributed by atoms with Crippen LogP contribution in [0.15, 0.2) is 18.2 Å². The number of alkyl carbamates (subject to hydrolysis) is 1. The lowest BCUT2D eigenvalue weighted by Gasteiger charge is -2.26. The summed E-state index contributed by atoms with van der Waals surface area (Å²) < 4.78 is 22.0. The molecule has 0 radical (unpaired) electrons. The Labute approximate surface area is 180 Å². The fourth-order valence-electron chi connectivity index (χ4n) is 2.16. The molecular weight excluding hydrogens is 477 g/mol. The summed E-state index contributed by atoms with van der Waals surface area (Å²) in [5.74, 6) is 0.160. The Hall–Kier alpha value is -1.55. The quantitative estimate of drug-likeness (QED) is 0.341. The summed E-state index contributed by atoms with van der Waals surface area (Å²) in [5.41, 5.74) is -0.490. The van der Waals surface area contributed by atoms with E-state index in [0.29, 0.717) is 5.75 Å². The molecule has 1 N–H and O–H groups in total. The standard InChI is InChI=1S/C20H30INO6/c1-19(2,3)27-17(23)15(22-18(24)28-20(4,5)6)11-13-8-9-16(14(21)10-13)26-12-25-7/h8-10,15H,11-12H2,1-7H3,(H,22,24)/t15-/m0/s1. The first-order valence-corrected chi connectivity index (χ1v) is 10.0. The second kappa shape index (κ2) is 10.3. The van der Waals surface area contributed by atoms with Crippen molar-refractivity contribution >= 4 is 34.7 Å². The molecular formula is C20H30INO6. The summed E-state index contributed by atoms with van der Waals surface area (Å²) in [5, 5.41) is 2.62. The van der Waals surface area contributed by atoms with Gasteiger partial charge in [-0.25, -0.2) is 9.59 Å². The van der Waals surface area contributed by atoms with Crippen molar-refractivity contribution in [3.63, 3.8) is 0 Å². The fraction of sp³-hybridized carbons (Fsp3) is 0.600. The summed E-state index contributed by atoms with van der Waals surface area (Å²) >= 11 is 2.15. The van der Waals surface area contributed by atoms with Gasteiger partial charge < -0.3 is 24.3 Å². The first-order valence-electron chi connectivity index (χ1n) is 8.93. The van der Waals surface area contributed by atoms with Gasteiger partial charge in [-0.1, -0.05) is 6.07 Å². The molecule has 0 saturated carbocycles. The van der Waals surface area contributed by atoms with Gasteiger partial charge in [0, 0.05) is 13.5 Å². The molecule has 8 heteroatoms. The molecule has 0 heterocycles. The average molecular weight is 507 g/mol. The lowest BCUT2D eigenvalue weighted by molar-refractivity contribution is -0.157. The van der Waals surface area contributed by atoms with Crippen molar-refractivity contribution < 1.29 is 28.5 Å². The highest BCUT2D eigenvalue weighted by Gasteiger charge is 2.29. The molecule has 1 aromatic rings. The molecule has 0 aliphatic rings. The number of ether oxygens (including phenoxy) is 4. The number of hydrogen-bond donors (Lipinski definition) is 1. The number of carbonyl (C=O) groups excluding carboxylic acids is 2. The lowest BCUT2D eigenvalue weighted by Crippen LogP contribution is -2.47. The zero-order valence-electron chi connectivity index (χ0n) is 17.6. The Morgan fingerprint density at radius 1 is 1.07 bits per heavy atom. The molecule has 0 fully saturated rings. The third-order valence-electron chi connectivity index (χ3n) is 3.15. The van der Waals surface area contributed by atoms with E-state index in [1.54, 1.807) is 54.7 Å². The van der Waals surface area contributed by atoms with Gasteiger partial charge >= 0.3 is 12.1 Å². The van der Waals surface area contributed by atoms with Gasteiger partial charge in [-0.2, -0.15) is 0 Å². The number of amides is 1. The first kappa shape index (κ1) is 24.5. The highest BCUT2D eigenvalue weighted by molar-refractivity contribution is 14.1. The minimum atomic E-state index is -0.879. The largest absolute Gasteiger partial charge is 0.466 e. The third-order valence-corrected chi connectivity index (χ3v) is 3.99. The molecule has 0 aliphatic heterocycles. The number of carbonyl (C=O) groups is 2. The van der Waals surface area contributed by atoms with Crippen molar-refractivity contribution in [2.45, 2.75) is 65.2 Å². The number of nitrogens with one attached hydrogen (secondary N) is 1. The van der Waals surface area contributed by atoms with Gasteiger partial charge in [0.1, 0.15) is 23.0 Å². The highest BCUT2D eigenvalue weighted by Crippen LogP contribution is 2.23. The molecule has 0 bridgehead atoms. The van der Waals surface area contributed by atoms with Gasteiger partial charge in [0.25, 0.3) is 0 Å². The van der Waals surface area contributed by atoms with Crippen LogP contribution in [-0.4, -0.2) is 43.2 Å². The molecule has 1 aromatic carbocycles. The monoisotopic (exact) mass is 507 g/mol. The van der Waals surface area contributed by atoms with Crippen molar-refractivity contribution in [2.75, 3.05) is 13.9 Å². The summed E-state index contributed by atoms with van der Waals surface area (Å²) in [4.78, 5) is 24.8.